The van der Waals surface area contributed by atoms with Gasteiger partial charge in [0, 0.05) is 12.5 Å². The summed E-state index contributed by atoms with van der Waals surface area (Å²) in [4.78, 5) is 46.1. The van der Waals surface area contributed by atoms with Gasteiger partial charge < -0.3 is 42.5 Å². The number of amides is 2. The Labute approximate surface area is 182 Å². The number of aromatic hydroxyl groups is 2. The van der Waals surface area contributed by atoms with E-state index in [-0.39, 0.29) is 23.8 Å². The summed E-state index contributed by atoms with van der Waals surface area (Å²) in [6.45, 7) is 1.03. The van der Waals surface area contributed by atoms with Crippen molar-refractivity contribution in [2.45, 2.75) is 48.5 Å². The van der Waals surface area contributed by atoms with Gasteiger partial charge in [-0.25, -0.2) is 0 Å². The van der Waals surface area contributed by atoms with E-state index < -0.39 is 53.2 Å². The van der Waals surface area contributed by atoms with Crippen LogP contribution in [0.5, 0.6) is 11.5 Å². The Kier molecular flexibility index (Phi) is 10.0. The highest BCUT2D eigenvalue weighted by Gasteiger charge is 2.25. The molecule has 0 aliphatic carbocycles. The van der Waals surface area contributed by atoms with Gasteiger partial charge >= 0.3 is 11.9 Å². The third-order valence-electron chi connectivity index (χ3n) is 3.86. The highest BCUT2D eigenvalue weighted by Crippen LogP contribution is 2.39. The molecule has 0 fully saturated rings. The summed E-state index contributed by atoms with van der Waals surface area (Å²) in [5, 5.41) is 40.7. The monoisotopic (exact) mass is 458 g/mol. The second-order valence-electron chi connectivity index (χ2n) is 6.80. The fourth-order valence-corrected chi connectivity index (χ4v) is 3.46. The summed E-state index contributed by atoms with van der Waals surface area (Å²) < 4.78 is 0. The summed E-state index contributed by atoms with van der Waals surface area (Å²) >= 11 is 0.664. The first kappa shape index (κ1) is 26.0. The molecule has 3 unspecified atom stereocenters. The lowest BCUT2D eigenvalue weighted by molar-refractivity contribution is -0.139. The molecule has 0 heterocycles. The molecule has 31 heavy (non-hydrogen) atoms. The maximum Gasteiger partial charge on any atom is 0.322 e. The fourth-order valence-electron chi connectivity index (χ4n) is 2.39. The zero-order valence-corrected chi connectivity index (χ0v) is 17.5. The number of hydrogen-bond acceptors (Lipinski definition) is 9. The molecule has 172 valence electrons. The Morgan fingerprint density at radius 1 is 1.13 bits per heavy atom. The highest BCUT2D eigenvalue weighted by molar-refractivity contribution is 8.00. The van der Waals surface area contributed by atoms with Crippen LogP contribution in [0.25, 0.3) is 0 Å². The van der Waals surface area contributed by atoms with E-state index in [1.165, 1.54) is 12.1 Å². The molecule has 0 aromatic heterocycles. The number of nitrogens with two attached hydrogens (primary N) is 2. The first-order valence-corrected chi connectivity index (χ1v) is 10.0. The molecule has 0 aliphatic heterocycles. The summed E-state index contributed by atoms with van der Waals surface area (Å²) in [7, 11) is 0. The van der Waals surface area contributed by atoms with Gasteiger partial charge in [-0.15, -0.1) is 0 Å². The van der Waals surface area contributed by atoms with Gasteiger partial charge in [0.15, 0.2) is 16.9 Å². The molecular formula is C18H26N4O8S. The molecule has 0 saturated heterocycles. The molecule has 1 aromatic rings. The number of carbonyl (C=O) groups excluding carboxylic acids is 2. The molecule has 10 N–H and O–H groups in total. The van der Waals surface area contributed by atoms with Crippen LogP contribution in [0, 0.1) is 0 Å². The van der Waals surface area contributed by atoms with Crippen molar-refractivity contribution in [3.63, 3.8) is 0 Å². The Balaban J connectivity index is 3.05. The average Bonchev–Trinajstić information content (AvgIpc) is 2.66. The fraction of sp³-hybridized carbons (Fsp3) is 0.444. The molecule has 1 rings (SSSR count). The Hall–Kier alpha value is -3.03. The number of aliphatic carboxylic acids is 2. The van der Waals surface area contributed by atoms with Crippen molar-refractivity contribution < 1.29 is 39.6 Å². The van der Waals surface area contributed by atoms with Gasteiger partial charge in [0.25, 0.3) is 5.91 Å². The van der Waals surface area contributed by atoms with E-state index in [9.17, 15) is 29.4 Å². The van der Waals surface area contributed by atoms with E-state index in [0.717, 1.165) is 0 Å². The largest absolute Gasteiger partial charge is 0.504 e. The summed E-state index contributed by atoms with van der Waals surface area (Å²) in [5.74, 6) is -5.17. The zero-order chi connectivity index (χ0) is 23.7. The second kappa shape index (κ2) is 12.0. The number of phenolic OH excluding ortho intramolecular Hbond substituents is 2. The van der Waals surface area contributed by atoms with E-state index in [0.29, 0.717) is 23.7 Å². The first-order chi connectivity index (χ1) is 14.4. The summed E-state index contributed by atoms with van der Waals surface area (Å²) in [6, 6.07) is 1.27. The molecule has 3 atom stereocenters. The van der Waals surface area contributed by atoms with Crippen LogP contribution in [-0.2, 0) is 25.6 Å². The van der Waals surface area contributed by atoms with E-state index in [2.05, 4.69) is 10.6 Å². The number of hydrogen-bond donors (Lipinski definition) is 8. The Morgan fingerprint density at radius 2 is 1.77 bits per heavy atom. The van der Waals surface area contributed by atoms with Crippen molar-refractivity contribution >= 4 is 35.5 Å². The Bertz CT molecular complexity index is 833. The van der Waals surface area contributed by atoms with Gasteiger partial charge in [0.05, 0.1) is 4.90 Å². The molecule has 0 bridgehead atoms. The van der Waals surface area contributed by atoms with Gasteiger partial charge in [-0.3, -0.25) is 19.2 Å². The third kappa shape index (κ3) is 9.11. The lowest BCUT2D eigenvalue weighted by Crippen LogP contribution is -2.46. The molecule has 0 spiro atoms. The van der Waals surface area contributed by atoms with Crippen LogP contribution < -0.4 is 22.1 Å². The van der Waals surface area contributed by atoms with Crippen LogP contribution in [0.3, 0.4) is 0 Å². The van der Waals surface area contributed by atoms with Gasteiger partial charge in [-0.1, -0.05) is 11.8 Å². The van der Waals surface area contributed by atoms with Crippen LogP contribution in [-0.4, -0.2) is 68.2 Å². The van der Waals surface area contributed by atoms with Crippen molar-refractivity contribution in [2.24, 2.45) is 11.5 Å². The number of nitrogens with one attached hydrogen (secondary N) is 2. The number of carbonyl (C=O) groups is 4. The van der Waals surface area contributed by atoms with Gasteiger partial charge in [-0.2, -0.15) is 0 Å². The third-order valence-corrected chi connectivity index (χ3v) is 4.99. The van der Waals surface area contributed by atoms with E-state index in [4.69, 9.17) is 21.7 Å². The Morgan fingerprint density at radius 3 is 2.32 bits per heavy atom. The number of phenols is 2. The SMILES string of the molecule is CC(N)Cc1cc(O)c(O)c(SC(NC(=O)CCC(N)C(=O)O)C(=O)NCC(=O)O)c1. The minimum atomic E-state index is -1.39. The summed E-state index contributed by atoms with van der Waals surface area (Å²) in [5.41, 5.74) is 11.7. The topological polar surface area (TPSA) is 225 Å². The van der Waals surface area contributed by atoms with Crippen LogP contribution in [0.1, 0.15) is 25.3 Å². The van der Waals surface area contributed by atoms with Crippen LogP contribution in [0.4, 0.5) is 0 Å². The number of carboxylic acid groups (broad SMARTS) is 2. The average molecular weight is 458 g/mol. The molecule has 0 saturated carbocycles. The molecule has 13 heteroatoms. The van der Waals surface area contributed by atoms with Gasteiger partial charge in [0.1, 0.15) is 12.6 Å². The highest BCUT2D eigenvalue weighted by atomic mass is 32.2. The van der Waals surface area contributed by atoms with Crippen LogP contribution in [0.2, 0.25) is 0 Å². The van der Waals surface area contributed by atoms with Crippen molar-refractivity contribution in [2.75, 3.05) is 6.54 Å². The molecule has 2 amide bonds. The maximum absolute atomic E-state index is 12.4. The van der Waals surface area contributed by atoms with Crippen LogP contribution >= 0.6 is 11.8 Å². The maximum atomic E-state index is 12.4. The molecule has 1 aromatic carbocycles. The minimum Gasteiger partial charge on any atom is -0.504 e. The van der Waals surface area contributed by atoms with E-state index >= 15 is 0 Å². The molecule has 12 nitrogen and oxygen atoms in total. The lowest BCUT2D eigenvalue weighted by Gasteiger charge is -2.19. The van der Waals surface area contributed by atoms with E-state index in [1.54, 1.807) is 6.92 Å². The van der Waals surface area contributed by atoms with Crippen LogP contribution in [0.15, 0.2) is 17.0 Å². The summed E-state index contributed by atoms with van der Waals surface area (Å²) in [6.07, 6.45) is -0.138. The number of rotatable bonds is 12. The minimum absolute atomic E-state index is 0.0497. The second-order valence-corrected chi connectivity index (χ2v) is 7.95. The van der Waals surface area contributed by atoms with E-state index in [1.807, 2.05) is 0 Å². The van der Waals surface area contributed by atoms with Crippen molar-refractivity contribution in [1.82, 2.24) is 10.6 Å². The van der Waals surface area contributed by atoms with Gasteiger partial charge in [0.2, 0.25) is 5.91 Å². The predicted molar refractivity (Wildman–Crippen MR) is 110 cm³/mol. The molecule has 0 radical (unpaired) electrons. The van der Waals surface area contributed by atoms with Gasteiger partial charge in [-0.05, 0) is 37.5 Å². The number of carboxylic acids is 2. The smallest absolute Gasteiger partial charge is 0.322 e. The first-order valence-electron chi connectivity index (χ1n) is 9.15. The quantitative estimate of drug-likeness (QED) is 0.107. The van der Waals surface area contributed by atoms with Crippen molar-refractivity contribution in [3.8, 4) is 11.5 Å². The van der Waals surface area contributed by atoms with Crippen molar-refractivity contribution in [1.29, 1.82) is 0 Å². The van der Waals surface area contributed by atoms with Crippen molar-refractivity contribution in [3.05, 3.63) is 17.7 Å². The molecular weight excluding hydrogens is 432 g/mol. The predicted octanol–water partition coefficient (Wildman–Crippen LogP) is -1.09. The zero-order valence-electron chi connectivity index (χ0n) is 16.7. The lowest BCUT2D eigenvalue weighted by atomic mass is 10.1. The number of thioether (sulfide) groups is 1. The number of benzene rings is 1. The molecule has 0 aliphatic rings. The standard InChI is InChI=1S/C18H26N4O8S/c1-8(19)4-9-5-11(23)15(27)12(6-9)31-17(16(28)21-7-14(25)26)22-13(24)3-2-10(20)18(29)30/h5-6,8,10,17,23,27H,2-4,7,19-20H2,1H3,(H,21,28)(H,22,24)(H,25,26)(H,29,30). The normalized spacial score (nSPS) is 13.6.